The van der Waals surface area contributed by atoms with Crippen LogP contribution in [-0.4, -0.2) is 67.2 Å². The quantitative estimate of drug-likeness (QED) is 0.481. The summed E-state index contributed by atoms with van der Waals surface area (Å²) in [5, 5.41) is 7.90. The van der Waals surface area contributed by atoms with Crippen LogP contribution in [0.15, 0.2) is 71.3 Å². The highest BCUT2D eigenvalue weighted by atomic mass is 16.5. The molecule has 1 N–H and O–H groups in total. The Hall–Kier alpha value is -3.16. The molecule has 0 bridgehead atoms. The fourth-order valence-corrected chi connectivity index (χ4v) is 5.64. The first-order valence-electron chi connectivity index (χ1n) is 13.6. The van der Waals surface area contributed by atoms with Crippen LogP contribution in [0.4, 0.5) is 5.69 Å². The van der Waals surface area contributed by atoms with Crippen LogP contribution in [0.5, 0.6) is 0 Å². The van der Waals surface area contributed by atoms with Crippen LogP contribution < -0.4 is 10.2 Å². The Balaban J connectivity index is 1.11. The third-order valence-corrected chi connectivity index (χ3v) is 7.84. The van der Waals surface area contributed by atoms with Gasteiger partial charge >= 0.3 is 0 Å². The van der Waals surface area contributed by atoms with Gasteiger partial charge in [-0.3, -0.25) is 9.69 Å². The number of aromatic nitrogens is 1. The smallest absolute Gasteiger partial charge is 0.222 e. The lowest BCUT2D eigenvalue weighted by atomic mass is 9.81. The minimum absolute atomic E-state index is 0.307. The predicted molar refractivity (Wildman–Crippen MR) is 146 cm³/mol. The standard InChI is InChI=1S/C30H39N5O2/c1-33(28-10-6-3-7-11-28)23-29-20-27(32-37-29)18-26-21-31-13-12-25(26)19-30(36)35-16-14-34(15-17-35)22-24-8-4-2-5-9-24/h2-11,20,25-26,31H,12-19,21-23H2,1H3/t25-,26-/m0/s1. The molecule has 0 spiro atoms. The van der Waals surface area contributed by atoms with E-state index in [-0.39, 0.29) is 0 Å². The summed E-state index contributed by atoms with van der Waals surface area (Å²) in [5.41, 5.74) is 3.47. The zero-order chi connectivity index (χ0) is 25.5. The van der Waals surface area contributed by atoms with E-state index in [9.17, 15) is 4.79 Å². The predicted octanol–water partition coefficient (Wildman–Crippen LogP) is 3.81. The number of rotatable bonds is 9. The molecule has 196 valence electrons. The van der Waals surface area contributed by atoms with Gasteiger partial charge in [-0.05, 0) is 55.5 Å². The minimum atomic E-state index is 0.307. The second-order valence-corrected chi connectivity index (χ2v) is 10.5. The van der Waals surface area contributed by atoms with Crippen LogP contribution in [0.2, 0.25) is 0 Å². The van der Waals surface area contributed by atoms with Crippen molar-refractivity contribution < 1.29 is 9.32 Å². The van der Waals surface area contributed by atoms with E-state index in [2.05, 4.69) is 80.8 Å². The molecule has 7 heteroatoms. The van der Waals surface area contributed by atoms with E-state index in [0.29, 0.717) is 30.7 Å². The Morgan fingerprint density at radius 1 is 1.03 bits per heavy atom. The zero-order valence-corrected chi connectivity index (χ0v) is 21.9. The van der Waals surface area contributed by atoms with Gasteiger partial charge in [0.25, 0.3) is 0 Å². The van der Waals surface area contributed by atoms with Crippen molar-refractivity contribution in [2.75, 3.05) is 51.2 Å². The molecule has 37 heavy (non-hydrogen) atoms. The normalized spacial score (nSPS) is 20.6. The van der Waals surface area contributed by atoms with Crippen LogP contribution >= 0.6 is 0 Å². The van der Waals surface area contributed by atoms with E-state index in [4.69, 9.17) is 4.52 Å². The molecule has 3 aromatic rings. The summed E-state index contributed by atoms with van der Waals surface area (Å²) in [6.07, 6.45) is 2.51. The van der Waals surface area contributed by atoms with E-state index in [0.717, 1.165) is 75.8 Å². The number of para-hydroxylation sites is 1. The molecule has 2 atom stereocenters. The molecule has 2 saturated heterocycles. The lowest BCUT2D eigenvalue weighted by Crippen LogP contribution is -2.49. The van der Waals surface area contributed by atoms with E-state index >= 15 is 0 Å². The number of hydrogen-bond donors (Lipinski definition) is 1. The number of hydrogen-bond acceptors (Lipinski definition) is 6. The number of piperazine rings is 1. The summed E-state index contributed by atoms with van der Waals surface area (Å²) in [4.78, 5) is 19.9. The SMILES string of the molecule is CN(Cc1cc(C[C@H]2CNCC[C@H]2CC(=O)N2CCN(Cc3ccccc3)CC2)no1)c1ccccc1. The summed E-state index contributed by atoms with van der Waals surface area (Å²) in [6.45, 7) is 7.06. The first-order chi connectivity index (χ1) is 18.1. The number of piperidine rings is 1. The topological polar surface area (TPSA) is 64.9 Å². The number of amides is 1. The van der Waals surface area contributed by atoms with E-state index in [1.165, 1.54) is 5.56 Å². The van der Waals surface area contributed by atoms with Crippen molar-refractivity contribution in [2.24, 2.45) is 11.8 Å². The zero-order valence-electron chi connectivity index (χ0n) is 21.9. The number of nitrogens with zero attached hydrogens (tertiary/aromatic N) is 4. The van der Waals surface area contributed by atoms with E-state index < -0.39 is 0 Å². The van der Waals surface area contributed by atoms with Crippen LogP contribution in [0.1, 0.15) is 29.9 Å². The Bertz CT molecular complexity index is 1110. The highest BCUT2D eigenvalue weighted by molar-refractivity contribution is 5.76. The molecule has 2 aromatic carbocycles. The highest BCUT2D eigenvalue weighted by Gasteiger charge is 2.30. The average Bonchev–Trinajstić information content (AvgIpc) is 3.37. The number of anilines is 1. The summed E-state index contributed by atoms with van der Waals surface area (Å²) in [7, 11) is 2.06. The van der Waals surface area contributed by atoms with Crippen molar-refractivity contribution >= 4 is 11.6 Å². The van der Waals surface area contributed by atoms with Gasteiger partial charge in [0, 0.05) is 57.9 Å². The molecular weight excluding hydrogens is 462 g/mol. The van der Waals surface area contributed by atoms with E-state index in [1.807, 2.05) is 18.2 Å². The van der Waals surface area contributed by atoms with Crippen molar-refractivity contribution in [1.82, 2.24) is 20.3 Å². The van der Waals surface area contributed by atoms with Gasteiger partial charge < -0.3 is 19.6 Å². The van der Waals surface area contributed by atoms with Gasteiger partial charge in [-0.15, -0.1) is 0 Å². The lowest BCUT2D eigenvalue weighted by molar-refractivity contribution is -0.134. The first-order valence-corrected chi connectivity index (χ1v) is 13.6. The van der Waals surface area contributed by atoms with Crippen LogP contribution in [-0.2, 0) is 24.3 Å². The molecule has 0 aliphatic carbocycles. The van der Waals surface area contributed by atoms with Crippen molar-refractivity contribution in [3.63, 3.8) is 0 Å². The fraction of sp³-hybridized carbons (Fsp3) is 0.467. The van der Waals surface area contributed by atoms with E-state index in [1.54, 1.807) is 0 Å². The molecular formula is C30H39N5O2. The van der Waals surface area contributed by atoms with Crippen molar-refractivity contribution in [1.29, 1.82) is 0 Å². The van der Waals surface area contributed by atoms with Crippen molar-refractivity contribution in [2.45, 2.75) is 32.4 Å². The van der Waals surface area contributed by atoms with Gasteiger partial charge in [0.1, 0.15) is 0 Å². The fourth-order valence-electron chi connectivity index (χ4n) is 5.64. The minimum Gasteiger partial charge on any atom is -0.367 e. The molecule has 2 aliphatic rings. The maximum atomic E-state index is 13.2. The van der Waals surface area contributed by atoms with Gasteiger partial charge in [-0.25, -0.2) is 0 Å². The molecule has 2 fully saturated rings. The van der Waals surface area contributed by atoms with Gasteiger partial charge in [0.2, 0.25) is 5.91 Å². The lowest BCUT2D eigenvalue weighted by Gasteiger charge is -2.37. The highest BCUT2D eigenvalue weighted by Crippen LogP contribution is 2.27. The van der Waals surface area contributed by atoms with Crippen LogP contribution in [0, 0.1) is 11.8 Å². The van der Waals surface area contributed by atoms with Crippen LogP contribution in [0.3, 0.4) is 0 Å². The van der Waals surface area contributed by atoms with Crippen molar-refractivity contribution in [3.05, 3.63) is 83.7 Å². The molecule has 1 aromatic heterocycles. The number of nitrogens with one attached hydrogen (secondary N) is 1. The summed E-state index contributed by atoms with van der Waals surface area (Å²) in [5.74, 6) is 1.94. The second-order valence-electron chi connectivity index (χ2n) is 10.5. The summed E-state index contributed by atoms with van der Waals surface area (Å²) in [6, 6.07) is 23.0. The molecule has 0 unspecified atom stereocenters. The molecule has 2 aliphatic heterocycles. The first kappa shape index (κ1) is 25.5. The number of carbonyl (C=O) groups excluding carboxylic acids is 1. The van der Waals surface area contributed by atoms with Crippen molar-refractivity contribution in [3.8, 4) is 0 Å². The van der Waals surface area contributed by atoms with Gasteiger partial charge in [0.05, 0.1) is 12.2 Å². The van der Waals surface area contributed by atoms with Gasteiger partial charge in [0.15, 0.2) is 5.76 Å². The summed E-state index contributed by atoms with van der Waals surface area (Å²) < 4.78 is 5.67. The second kappa shape index (κ2) is 12.4. The molecule has 0 radical (unpaired) electrons. The number of benzene rings is 2. The third kappa shape index (κ3) is 6.99. The maximum absolute atomic E-state index is 13.2. The molecule has 1 amide bonds. The summed E-state index contributed by atoms with van der Waals surface area (Å²) >= 11 is 0. The third-order valence-electron chi connectivity index (χ3n) is 7.84. The largest absolute Gasteiger partial charge is 0.367 e. The Labute approximate surface area is 220 Å². The number of carbonyl (C=O) groups is 1. The molecule has 5 rings (SSSR count). The van der Waals surface area contributed by atoms with Gasteiger partial charge in [-0.1, -0.05) is 53.7 Å². The molecule has 3 heterocycles. The molecule has 0 saturated carbocycles. The monoisotopic (exact) mass is 501 g/mol. The Kier molecular flexibility index (Phi) is 8.53. The maximum Gasteiger partial charge on any atom is 0.222 e. The van der Waals surface area contributed by atoms with Crippen LogP contribution in [0.25, 0.3) is 0 Å². The average molecular weight is 502 g/mol. The Morgan fingerprint density at radius 3 is 2.51 bits per heavy atom. The van der Waals surface area contributed by atoms with Gasteiger partial charge in [-0.2, -0.15) is 0 Å². The Morgan fingerprint density at radius 2 is 1.76 bits per heavy atom. The molecule has 7 nitrogen and oxygen atoms in total.